The fourth-order valence-corrected chi connectivity index (χ4v) is 4.43. The zero-order chi connectivity index (χ0) is 12.3. The highest BCUT2D eigenvalue weighted by Crippen LogP contribution is 2.63. The van der Waals surface area contributed by atoms with Gasteiger partial charge in [-0.05, 0) is 37.0 Å². The van der Waals surface area contributed by atoms with E-state index in [1.807, 2.05) is 12.1 Å². The number of benzene rings is 1. The molecule has 1 spiro atoms. The monoisotopic (exact) mass is 245 g/mol. The second kappa shape index (κ2) is 3.34. The van der Waals surface area contributed by atoms with Crippen LogP contribution in [0.15, 0.2) is 24.3 Å². The van der Waals surface area contributed by atoms with Crippen LogP contribution in [0.25, 0.3) is 0 Å². The molecule has 1 aliphatic carbocycles. The summed E-state index contributed by atoms with van der Waals surface area (Å²) >= 11 is 0. The lowest BCUT2D eigenvalue weighted by Crippen LogP contribution is -2.28. The van der Waals surface area contributed by atoms with Gasteiger partial charge in [0.2, 0.25) is 5.91 Å². The van der Waals surface area contributed by atoms with Gasteiger partial charge in [0.25, 0.3) is 0 Å². The van der Waals surface area contributed by atoms with Crippen molar-refractivity contribution in [3.63, 3.8) is 0 Å². The number of rotatable bonds is 1. The average molecular weight is 245 g/mol. The smallest absolute Gasteiger partial charge is 0.223 e. The number of hydrogen-bond donors (Lipinski definition) is 0. The molecule has 2 heterocycles. The van der Waals surface area contributed by atoms with Crippen LogP contribution in [0.2, 0.25) is 0 Å². The molecule has 2 unspecified atom stereocenters. The zero-order valence-electron chi connectivity index (χ0n) is 10.2. The largest absolute Gasteiger partial charge is 0.329 e. The molecule has 2 nitrogen and oxygen atoms in total. The van der Waals surface area contributed by atoms with E-state index in [9.17, 15) is 9.18 Å². The predicted molar refractivity (Wildman–Crippen MR) is 65.6 cm³/mol. The third kappa shape index (κ3) is 1.15. The molecule has 0 radical (unpaired) electrons. The molecule has 1 aromatic carbocycles. The van der Waals surface area contributed by atoms with E-state index >= 15 is 0 Å². The molecular weight excluding hydrogens is 229 g/mol. The van der Waals surface area contributed by atoms with E-state index in [0.717, 1.165) is 25.7 Å². The topological polar surface area (TPSA) is 20.1 Å². The first-order valence-corrected chi connectivity index (χ1v) is 6.81. The molecule has 2 aliphatic heterocycles. The summed E-state index contributed by atoms with van der Waals surface area (Å²) in [5.41, 5.74) is 1.31. The molecule has 3 heteroatoms. The second-order valence-electron chi connectivity index (χ2n) is 5.81. The Kier molecular flexibility index (Phi) is 1.95. The Labute approximate surface area is 106 Å². The van der Waals surface area contributed by atoms with Crippen LogP contribution in [0.1, 0.15) is 43.6 Å². The van der Waals surface area contributed by atoms with Crippen molar-refractivity contribution in [2.75, 3.05) is 0 Å². The Morgan fingerprint density at radius 1 is 1.22 bits per heavy atom. The molecule has 0 N–H and O–H groups in total. The maximum absolute atomic E-state index is 13.0. The Hall–Kier alpha value is -1.38. The Balaban J connectivity index is 1.70. The van der Waals surface area contributed by atoms with Gasteiger partial charge >= 0.3 is 0 Å². The highest BCUT2D eigenvalue weighted by atomic mass is 19.1. The molecule has 18 heavy (non-hydrogen) atoms. The van der Waals surface area contributed by atoms with Crippen LogP contribution >= 0.6 is 0 Å². The Bertz CT molecular complexity index is 512. The number of halogens is 1. The second-order valence-corrected chi connectivity index (χ2v) is 5.81. The minimum absolute atomic E-state index is 0.104. The SMILES string of the molecule is O=C1CC[C@H]2N1C21CCCC1c1ccc(F)cc1. The molecule has 1 amide bonds. The van der Waals surface area contributed by atoms with Crippen LogP contribution in [0.3, 0.4) is 0 Å². The molecule has 2 saturated heterocycles. The van der Waals surface area contributed by atoms with Gasteiger partial charge in [-0.3, -0.25) is 4.79 Å². The number of piperidine rings is 1. The van der Waals surface area contributed by atoms with Crippen molar-refractivity contribution in [2.45, 2.75) is 49.6 Å². The normalized spacial score (nSPS) is 37.4. The maximum Gasteiger partial charge on any atom is 0.223 e. The third-order valence-corrected chi connectivity index (χ3v) is 5.12. The summed E-state index contributed by atoms with van der Waals surface area (Å²) in [5, 5.41) is 0. The van der Waals surface area contributed by atoms with Crippen molar-refractivity contribution in [3.05, 3.63) is 35.6 Å². The fourth-order valence-electron chi connectivity index (χ4n) is 4.43. The summed E-state index contributed by atoms with van der Waals surface area (Å²) in [4.78, 5) is 14.0. The summed E-state index contributed by atoms with van der Waals surface area (Å²) in [5.74, 6) is 0.569. The summed E-state index contributed by atoms with van der Waals surface area (Å²) in [6, 6.07) is 7.34. The van der Waals surface area contributed by atoms with Crippen LogP contribution < -0.4 is 0 Å². The summed E-state index contributed by atoms with van der Waals surface area (Å²) < 4.78 is 13.0. The number of carbonyl (C=O) groups excluding carboxylic acids is 1. The van der Waals surface area contributed by atoms with Crippen molar-refractivity contribution in [1.29, 1.82) is 0 Å². The van der Waals surface area contributed by atoms with Crippen LogP contribution in [-0.4, -0.2) is 22.4 Å². The van der Waals surface area contributed by atoms with Crippen molar-refractivity contribution < 1.29 is 9.18 Å². The lowest BCUT2D eigenvalue weighted by atomic mass is 9.84. The van der Waals surface area contributed by atoms with Gasteiger partial charge in [0.05, 0.1) is 11.6 Å². The predicted octanol–water partition coefficient (Wildman–Crippen LogP) is 2.84. The summed E-state index contributed by atoms with van der Waals surface area (Å²) in [6.07, 6.45) is 5.19. The van der Waals surface area contributed by atoms with Gasteiger partial charge in [-0.1, -0.05) is 18.6 Å². The average Bonchev–Trinajstić information content (AvgIpc) is 2.66. The zero-order valence-corrected chi connectivity index (χ0v) is 10.2. The quantitative estimate of drug-likeness (QED) is 0.697. The number of nitrogens with zero attached hydrogens (tertiary/aromatic N) is 1. The van der Waals surface area contributed by atoms with E-state index in [1.165, 1.54) is 24.1 Å². The standard InChI is InChI=1S/C15H16FNO/c16-11-5-3-10(4-6-11)12-2-1-9-15(12)13-7-8-14(18)17(13)15/h3-6,12-13H,1-2,7-9H2/t12?,13-,15?,17?/m1/s1. The van der Waals surface area contributed by atoms with Crippen LogP contribution in [0.4, 0.5) is 4.39 Å². The van der Waals surface area contributed by atoms with Crippen molar-refractivity contribution in [3.8, 4) is 0 Å². The first kappa shape index (κ1) is 10.5. The lowest BCUT2D eigenvalue weighted by molar-refractivity contribution is -0.125. The third-order valence-electron chi connectivity index (χ3n) is 5.12. The Morgan fingerprint density at radius 3 is 2.67 bits per heavy atom. The number of fused-ring (bicyclic) bond motifs is 3. The van der Waals surface area contributed by atoms with Gasteiger partial charge in [-0.25, -0.2) is 4.39 Å². The molecule has 4 rings (SSSR count). The van der Waals surface area contributed by atoms with Crippen LogP contribution in [0, 0.1) is 5.82 Å². The van der Waals surface area contributed by atoms with E-state index in [2.05, 4.69) is 4.90 Å². The molecule has 1 saturated carbocycles. The van der Waals surface area contributed by atoms with E-state index in [4.69, 9.17) is 0 Å². The number of amides is 1. The molecule has 0 bridgehead atoms. The molecule has 3 aliphatic rings. The Morgan fingerprint density at radius 2 is 2.00 bits per heavy atom. The first-order valence-electron chi connectivity index (χ1n) is 6.81. The maximum atomic E-state index is 13.0. The molecule has 3 fully saturated rings. The molecule has 0 aromatic heterocycles. The molecule has 3 atom stereocenters. The minimum atomic E-state index is -0.182. The minimum Gasteiger partial charge on any atom is -0.329 e. The van der Waals surface area contributed by atoms with E-state index in [-0.39, 0.29) is 11.4 Å². The summed E-state index contributed by atoms with van der Waals surface area (Å²) in [7, 11) is 0. The van der Waals surface area contributed by atoms with Gasteiger partial charge < -0.3 is 4.90 Å². The van der Waals surface area contributed by atoms with Gasteiger partial charge in [0.1, 0.15) is 5.82 Å². The van der Waals surface area contributed by atoms with E-state index < -0.39 is 0 Å². The van der Waals surface area contributed by atoms with Gasteiger partial charge in [-0.2, -0.15) is 0 Å². The fraction of sp³-hybridized carbons (Fsp3) is 0.533. The van der Waals surface area contributed by atoms with E-state index in [1.54, 1.807) is 0 Å². The van der Waals surface area contributed by atoms with Gasteiger partial charge in [0.15, 0.2) is 0 Å². The highest BCUT2D eigenvalue weighted by Gasteiger charge is 2.71. The number of carbonyl (C=O) groups is 1. The molecular formula is C15H16FNO. The highest BCUT2D eigenvalue weighted by molar-refractivity contribution is 5.85. The van der Waals surface area contributed by atoms with Gasteiger partial charge in [0, 0.05) is 12.3 Å². The van der Waals surface area contributed by atoms with Crippen molar-refractivity contribution >= 4 is 5.91 Å². The van der Waals surface area contributed by atoms with Crippen molar-refractivity contribution in [1.82, 2.24) is 4.90 Å². The van der Waals surface area contributed by atoms with Crippen molar-refractivity contribution in [2.24, 2.45) is 0 Å². The summed E-state index contributed by atoms with van der Waals surface area (Å²) in [6.45, 7) is 0. The van der Waals surface area contributed by atoms with E-state index in [0.29, 0.717) is 17.9 Å². The van der Waals surface area contributed by atoms with Crippen LogP contribution in [-0.2, 0) is 4.79 Å². The molecule has 1 aromatic rings. The lowest BCUT2D eigenvalue weighted by Gasteiger charge is -2.22. The molecule has 94 valence electrons. The number of hydrogen-bond acceptors (Lipinski definition) is 1. The first-order chi connectivity index (χ1) is 8.73. The van der Waals surface area contributed by atoms with Gasteiger partial charge in [-0.15, -0.1) is 0 Å². The van der Waals surface area contributed by atoms with Crippen LogP contribution in [0.5, 0.6) is 0 Å².